The Morgan fingerprint density at radius 3 is 2.67 bits per heavy atom. The van der Waals surface area contributed by atoms with Crippen LogP contribution in [-0.4, -0.2) is 26.6 Å². The molecule has 0 fully saturated rings. The van der Waals surface area contributed by atoms with Crippen LogP contribution in [0.15, 0.2) is 30.7 Å². The number of benzene rings is 1. The van der Waals surface area contributed by atoms with Crippen LogP contribution in [0.2, 0.25) is 0 Å². The summed E-state index contributed by atoms with van der Waals surface area (Å²) in [5.74, 6) is -0.617. The highest BCUT2D eigenvalue weighted by Crippen LogP contribution is 2.42. The molecule has 140 valence electrons. The van der Waals surface area contributed by atoms with Crippen LogP contribution in [0.4, 0.5) is 23.4 Å². The van der Waals surface area contributed by atoms with Crippen LogP contribution in [0.3, 0.4) is 0 Å². The van der Waals surface area contributed by atoms with Crippen molar-refractivity contribution in [3.05, 3.63) is 47.7 Å². The second-order valence-corrected chi connectivity index (χ2v) is 6.11. The Kier molecular flexibility index (Phi) is 3.83. The van der Waals surface area contributed by atoms with Gasteiger partial charge >= 0.3 is 6.18 Å². The van der Waals surface area contributed by atoms with Crippen molar-refractivity contribution in [2.75, 3.05) is 12.4 Å². The fraction of sp³-hybridized carbons (Fsp3) is 0.222. The van der Waals surface area contributed by atoms with Crippen molar-refractivity contribution in [1.29, 1.82) is 0 Å². The first-order chi connectivity index (χ1) is 12.8. The van der Waals surface area contributed by atoms with E-state index in [9.17, 15) is 17.6 Å². The number of imidazole rings is 1. The summed E-state index contributed by atoms with van der Waals surface area (Å²) in [6.07, 6.45) is 0.0479. The topological polar surface area (TPSA) is 58.0 Å². The lowest BCUT2D eigenvalue weighted by Gasteiger charge is -2.17. The zero-order valence-electron chi connectivity index (χ0n) is 14.4. The summed E-state index contributed by atoms with van der Waals surface area (Å²) in [4.78, 5) is 4.34. The minimum absolute atomic E-state index is 0.00419. The Hall–Kier alpha value is -3.10. The minimum Gasteiger partial charge on any atom is -0.372 e. The Morgan fingerprint density at radius 1 is 1.22 bits per heavy atom. The standard InChI is InChI=1S/C18H15F4N5/c1-3-10-14(9-4-5-13-25-12(23-2)8-27(13)7-9)11-6-24-26-17(11)15(16(10)19)18(20,21)22/h4-8,23H,3H2,1-2H3,(H,24,26). The second kappa shape index (κ2) is 5.97. The van der Waals surface area contributed by atoms with E-state index in [1.54, 1.807) is 42.9 Å². The van der Waals surface area contributed by atoms with Crippen molar-refractivity contribution in [3.8, 4) is 11.1 Å². The highest BCUT2D eigenvalue weighted by Gasteiger charge is 2.39. The highest BCUT2D eigenvalue weighted by atomic mass is 19.4. The predicted molar refractivity (Wildman–Crippen MR) is 94.2 cm³/mol. The average molecular weight is 377 g/mol. The number of aromatic nitrogens is 4. The largest absolute Gasteiger partial charge is 0.421 e. The second-order valence-electron chi connectivity index (χ2n) is 6.11. The van der Waals surface area contributed by atoms with E-state index in [4.69, 9.17) is 0 Å². The number of anilines is 1. The summed E-state index contributed by atoms with van der Waals surface area (Å²) in [5.41, 5.74) is -0.0149. The Labute approximate surface area is 151 Å². The number of fused-ring (bicyclic) bond motifs is 2. The van der Waals surface area contributed by atoms with Crippen LogP contribution in [0.1, 0.15) is 18.1 Å². The van der Waals surface area contributed by atoms with Crippen LogP contribution < -0.4 is 5.32 Å². The van der Waals surface area contributed by atoms with Crippen molar-refractivity contribution in [2.24, 2.45) is 0 Å². The molecular weight excluding hydrogens is 362 g/mol. The first kappa shape index (κ1) is 17.3. The van der Waals surface area contributed by atoms with Crippen LogP contribution in [0, 0.1) is 5.82 Å². The fourth-order valence-electron chi connectivity index (χ4n) is 3.39. The number of halogens is 4. The molecule has 0 atom stereocenters. The van der Waals surface area contributed by atoms with E-state index < -0.39 is 17.6 Å². The van der Waals surface area contributed by atoms with Crippen LogP contribution in [0.5, 0.6) is 0 Å². The average Bonchev–Trinajstić information content (AvgIpc) is 3.24. The molecule has 1 aromatic carbocycles. The van der Waals surface area contributed by atoms with Crippen molar-refractivity contribution in [2.45, 2.75) is 19.5 Å². The Balaban J connectivity index is 2.06. The third kappa shape index (κ3) is 2.61. The molecule has 0 unspecified atom stereocenters. The zero-order valence-corrected chi connectivity index (χ0v) is 14.4. The first-order valence-electron chi connectivity index (χ1n) is 8.26. The molecule has 27 heavy (non-hydrogen) atoms. The van der Waals surface area contributed by atoms with Gasteiger partial charge < -0.3 is 9.72 Å². The molecule has 0 spiro atoms. The van der Waals surface area contributed by atoms with Gasteiger partial charge in [0.05, 0.1) is 17.9 Å². The molecule has 0 aliphatic heterocycles. The number of alkyl halides is 3. The molecule has 0 bridgehead atoms. The SMILES string of the molecule is CCc1c(F)c(C(F)(F)F)c2[nH]ncc2c1-c1ccc2nc(NC)cn2c1. The fourth-order valence-corrected chi connectivity index (χ4v) is 3.39. The number of rotatable bonds is 3. The molecule has 0 radical (unpaired) electrons. The van der Waals surface area contributed by atoms with E-state index in [1.807, 2.05) is 0 Å². The maximum Gasteiger partial charge on any atom is 0.421 e. The monoisotopic (exact) mass is 377 g/mol. The molecule has 2 N–H and O–H groups in total. The van der Waals surface area contributed by atoms with E-state index in [0.29, 0.717) is 22.6 Å². The lowest BCUT2D eigenvalue weighted by atomic mass is 9.92. The van der Waals surface area contributed by atoms with E-state index in [2.05, 4.69) is 20.5 Å². The summed E-state index contributed by atoms with van der Waals surface area (Å²) >= 11 is 0. The summed E-state index contributed by atoms with van der Waals surface area (Å²) in [5, 5.41) is 9.20. The Morgan fingerprint density at radius 2 is 2.00 bits per heavy atom. The molecule has 9 heteroatoms. The summed E-state index contributed by atoms with van der Waals surface area (Å²) in [7, 11) is 1.73. The number of H-pyrrole nitrogens is 1. The predicted octanol–water partition coefficient (Wildman–Crippen LogP) is 4.64. The number of nitrogens with zero attached hydrogens (tertiary/aromatic N) is 3. The van der Waals surface area contributed by atoms with Crippen LogP contribution in [-0.2, 0) is 12.6 Å². The summed E-state index contributed by atoms with van der Waals surface area (Å²) < 4.78 is 57.0. The number of aromatic amines is 1. The van der Waals surface area contributed by atoms with Crippen molar-refractivity contribution in [1.82, 2.24) is 19.6 Å². The number of pyridine rings is 1. The van der Waals surface area contributed by atoms with Crippen LogP contribution in [0.25, 0.3) is 27.7 Å². The van der Waals surface area contributed by atoms with Gasteiger partial charge in [-0.05, 0) is 29.7 Å². The summed E-state index contributed by atoms with van der Waals surface area (Å²) in [6.45, 7) is 1.63. The lowest BCUT2D eigenvalue weighted by Crippen LogP contribution is -2.12. The Bertz CT molecular complexity index is 1160. The van der Waals surface area contributed by atoms with Gasteiger partial charge in [-0.2, -0.15) is 18.3 Å². The normalized spacial score (nSPS) is 12.2. The summed E-state index contributed by atoms with van der Waals surface area (Å²) in [6, 6.07) is 3.45. The van der Waals surface area contributed by atoms with Gasteiger partial charge in [-0.1, -0.05) is 6.92 Å². The molecular formula is C18H15F4N5. The van der Waals surface area contributed by atoms with Gasteiger partial charge in [-0.25, -0.2) is 9.37 Å². The minimum atomic E-state index is -4.83. The highest BCUT2D eigenvalue weighted by molar-refractivity contribution is 5.98. The molecule has 0 aliphatic carbocycles. The molecule has 4 aromatic rings. The van der Waals surface area contributed by atoms with Gasteiger partial charge in [-0.15, -0.1) is 0 Å². The molecule has 5 nitrogen and oxygen atoms in total. The molecule has 3 aromatic heterocycles. The van der Waals surface area contributed by atoms with E-state index in [-0.39, 0.29) is 22.9 Å². The number of nitrogens with one attached hydrogen (secondary N) is 2. The quantitative estimate of drug-likeness (QED) is 0.512. The third-order valence-electron chi connectivity index (χ3n) is 4.58. The maximum absolute atomic E-state index is 14.9. The van der Waals surface area contributed by atoms with Crippen molar-refractivity contribution in [3.63, 3.8) is 0 Å². The van der Waals surface area contributed by atoms with E-state index >= 15 is 0 Å². The zero-order chi connectivity index (χ0) is 19.3. The van der Waals surface area contributed by atoms with Gasteiger partial charge in [-0.3, -0.25) is 5.10 Å². The molecule has 4 rings (SSSR count). The smallest absolute Gasteiger partial charge is 0.372 e. The maximum atomic E-state index is 14.9. The van der Waals surface area contributed by atoms with E-state index in [1.165, 1.54) is 6.20 Å². The molecule has 0 saturated heterocycles. The molecule has 0 aliphatic rings. The lowest BCUT2D eigenvalue weighted by molar-refractivity contribution is -0.138. The third-order valence-corrected chi connectivity index (χ3v) is 4.58. The number of hydrogen-bond donors (Lipinski definition) is 2. The van der Waals surface area contributed by atoms with Gasteiger partial charge in [0.15, 0.2) is 0 Å². The molecule has 3 heterocycles. The molecule has 0 amide bonds. The number of hydrogen-bond acceptors (Lipinski definition) is 3. The van der Waals surface area contributed by atoms with Crippen molar-refractivity contribution < 1.29 is 17.6 Å². The van der Waals surface area contributed by atoms with Gasteiger partial charge in [0.2, 0.25) is 0 Å². The van der Waals surface area contributed by atoms with Crippen LogP contribution >= 0.6 is 0 Å². The van der Waals surface area contributed by atoms with Gasteiger partial charge in [0, 0.05) is 24.2 Å². The van der Waals surface area contributed by atoms with E-state index in [0.717, 1.165) is 0 Å². The van der Waals surface area contributed by atoms with Gasteiger partial charge in [0.25, 0.3) is 0 Å². The molecule has 0 saturated carbocycles. The first-order valence-corrected chi connectivity index (χ1v) is 8.26. The van der Waals surface area contributed by atoms with Crippen molar-refractivity contribution >= 4 is 22.4 Å². The van der Waals surface area contributed by atoms with Gasteiger partial charge in [0.1, 0.15) is 22.8 Å².